The Morgan fingerprint density at radius 2 is 1.68 bits per heavy atom. The van der Waals surface area contributed by atoms with E-state index in [-0.39, 0.29) is 11.4 Å². The molecule has 1 N–H and O–H groups in total. The van der Waals surface area contributed by atoms with Crippen LogP contribution in [0.4, 0.5) is 0 Å². The van der Waals surface area contributed by atoms with Gasteiger partial charge in [-0.3, -0.25) is 0 Å². The lowest BCUT2D eigenvalue weighted by Crippen LogP contribution is -2.24. The van der Waals surface area contributed by atoms with Gasteiger partial charge in [-0.2, -0.15) is 0 Å². The van der Waals surface area contributed by atoms with Crippen LogP contribution in [0.2, 0.25) is 0 Å². The van der Waals surface area contributed by atoms with Gasteiger partial charge in [0.1, 0.15) is 17.0 Å². The molecular weight excluding hydrogens is 282 g/mol. The zero-order chi connectivity index (χ0) is 16.3. The fourth-order valence-corrected chi connectivity index (χ4v) is 2.01. The van der Waals surface area contributed by atoms with Crippen molar-refractivity contribution in [2.75, 3.05) is 7.11 Å². The van der Waals surface area contributed by atoms with Gasteiger partial charge in [-0.05, 0) is 32.4 Å². The highest BCUT2D eigenvalue weighted by molar-refractivity contribution is 6.00. The van der Waals surface area contributed by atoms with Gasteiger partial charge in [0, 0.05) is 5.56 Å². The Labute approximate surface area is 129 Å². The minimum Gasteiger partial charge on any atom is -0.464 e. The molecule has 0 spiro atoms. The Morgan fingerprint density at radius 1 is 1.05 bits per heavy atom. The van der Waals surface area contributed by atoms with Crippen LogP contribution in [0, 0.1) is 0 Å². The molecular formula is C17H19NO4. The second-order valence-electron chi connectivity index (χ2n) is 5.83. The number of rotatable bonds is 3. The first-order chi connectivity index (χ1) is 10.3. The van der Waals surface area contributed by atoms with E-state index < -0.39 is 17.5 Å². The summed E-state index contributed by atoms with van der Waals surface area (Å²) in [6.07, 6.45) is 0. The number of hydrogen-bond acceptors (Lipinski definition) is 4. The zero-order valence-corrected chi connectivity index (χ0v) is 13.1. The van der Waals surface area contributed by atoms with Gasteiger partial charge in [-0.15, -0.1) is 0 Å². The molecule has 1 heterocycles. The average molecular weight is 301 g/mol. The molecule has 0 aliphatic rings. The second kappa shape index (κ2) is 6.05. The number of ether oxygens (including phenoxy) is 2. The molecule has 0 aliphatic carbocycles. The second-order valence-corrected chi connectivity index (χ2v) is 5.83. The minimum atomic E-state index is -0.623. The Balaban J connectivity index is 2.49. The standard InChI is InChI=1S/C17H19NO4/c1-17(2,3)22-16(20)14-12(11-8-6-5-7-9-11)10-13(18-14)15(19)21-4/h5-10,18H,1-4H3. The van der Waals surface area contributed by atoms with E-state index in [9.17, 15) is 9.59 Å². The van der Waals surface area contributed by atoms with Crippen LogP contribution in [0.25, 0.3) is 11.1 Å². The molecule has 0 unspecified atom stereocenters. The third-order valence-corrected chi connectivity index (χ3v) is 2.91. The van der Waals surface area contributed by atoms with Gasteiger partial charge in [-0.1, -0.05) is 30.3 Å². The molecule has 0 aliphatic heterocycles. The first-order valence-electron chi connectivity index (χ1n) is 6.92. The molecule has 2 aromatic rings. The number of nitrogens with one attached hydrogen (secondary N) is 1. The molecule has 0 amide bonds. The number of H-pyrrole nitrogens is 1. The lowest BCUT2D eigenvalue weighted by atomic mass is 10.1. The fourth-order valence-electron chi connectivity index (χ4n) is 2.01. The quantitative estimate of drug-likeness (QED) is 0.882. The highest BCUT2D eigenvalue weighted by atomic mass is 16.6. The molecule has 0 radical (unpaired) electrons. The Kier molecular flexibility index (Phi) is 4.35. The van der Waals surface area contributed by atoms with Crippen molar-refractivity contribution in [3.63, 3.8) is 0 Å². The van der Waals surface area contributed by atoms with Crippen LogP contribution in [0.1, 0.15) is 41.7 Å². The maximum Gasteiger partial charge on any atom is 0.355 e. The molecule has 0 bridgehead atoms. The number of carbonyl (C=O) groups is 2. The number of hydrogen-bond donors (Lipinski definition) is 1. The van der Waals surface area contributed by atoms with Crippen molar-refractivity contribution < 1.29 is 19.1 Å². The largest absolute Gasteiger partial charge is 0.464 e. The van der Waals surface area contributed by atoms with Gasteiger partial charge in [0.2, 0.25) is 0 Å². The van der Waals surface area contributed by atoms with Gasteiger partial charge in [0.15, 0.2) is 0 Å². The number of aromatic amines is 1. The molecule has 116 valence electrons. The molecule has 22 heavy (non-hydrogen) atoms. The maximum atomic E-state index is 12.4. The SMILES string of the molecule is COC(=O)c1cc(-c2ccccc2)c(C(=O)OC(C)(C)C)[nH]1. The molecule has 1 aromatic carbocycles. The average Bonchev–Trinajstić information content (AvgIpc) is 2.91. The summed E-state index contributed by atoms with van der Waals surface area (Å²) in [5.74, 6) is -1.05. The van der Waals surface area contributed by atoms with Crippen LogP contribution in [-0.4, -0.2) is 29.6 Å². The molecule has 5 heteroatoms. The third kappa shape index (κ3) is 3.55. The van der Waals surface area contributed by atoms with Crippen LogP contribution >= 0.6 is 0 Å². The van der Waals surface area contributed by atoms with E-state index in [0.29, 0.717) is 5.56 Å². The van der Waals surface area contributed by atoms with E-state index in [1.165, 1.54) is 7.11 Å². The Hall–Kier alpha value is -2.56. The maximum absolute atomic E-state index is 12.4. The highest BCUT2D eigenvalue weighted by Gasteiger charge is 2.25. The van der Waals surface area contributed by atoms with Gasteiger partial charge in [-0.25, -0.2) is 9.59 Å². The highest BCUT2D eigenvalue weighted by Crippen LogP contribution is 2.27. The Bertz CT molecular complexity index is 680. The van der Waals surface area contributed by atoms with E-state index in [1.54, 1.807) is 26.8 Å². The van der Waals surface area contributed by atoms with E-state index in [1.807, 2.05) is 30.3 Å². The summed E-state index contributed by atoms with van der Waals surface area (Å²) in [4.78, 5) is 26.9. The molecule has 0 atom stereocenters. The number of methoxy groups -OCH3 is 1. The normalized spacial score (nSPS) is 11.1. The predicted octanol–water partition coefficient (Wildman–Crippen LogP) is 3.42. The molecule has 0 fully saturated rings. The lowest BCUT2D eigenvalue weighted by Gasteiger charge is -2.19. The van der Waals surface area contributed by atoms with Crippen molar-refractivity contribution in [2.45, 2.75) is 26.4 Å². The summed E-state index contributed by atoms with van der Waals surface area (Å²) >= 11 is 0. The summed E-state index contributed by atoms with van der Waals surface area (Å²) in [7, 11) is 1.29. The van der Waals surface area contributed by atoms with E-state index in [0.717, 1.165) is 5.56 Å². The smallest absolute Gasteiger partial charge is 0.355 e. The van der Waals surface area contributed by atoms with Crippen molar-refractivity contribution in [3.05, 3.63) is 47.8 Å². The number of benzene rings is 1. The van der Waals surface area contributed by atoms with Crippen molar-refractivity contribution in [1.82, 2.24) is 4.98 Å². The summed E-state index contributed by atoms with van der Waals surface area (Å²) in [5.41, 5.74) is 1.25. The van der Waals surface area contributed by atoms with Crippen molar-refractivity contribution >= 4 is 11.9 Å². The van der Waals surface area contributed by atoms with Gasteiger partial charge >= 0.3 is 11.9 Å². The predicted molar refractivity (Wildman–Crippen MR) is 82.7 cm³/mol. The first kappa shape index (κ1) is 15.8. The molecule has 0 saturated carbocycles. The van der Waals surface area contributed by atoms with E-state index in [4.69, 9.17) is 9.47 Å². The van der Waals surface area contributed by atoms with Gasteiger partial charge in [0.25, 0.3) is 0 Å². The van der Waals surface area contributed by atoms with Crippen LogP contribution < -0.4 is 0 Å². The van der Waals surface area contributed by atoms with Crippen molar-refractivity contribution in [2.24, 2.45) is 0 Å². The summed E-state index contributed by atoms with van der Waals surface area (Å²) in [6.45, 7) is 5.37. The van der Waals surface area contributed by atoms with E-state index in [2.05, 4.69) is 4.98 Å². The van der Waals surface area contributed by atoms with Crippen LogP contribution in [0.15, 0.2) is 36.4 Å². The topological polar surface area (TPSA) is 68.4 Å². The Morgan fingerprint density at radius 3 is 2.23 bits per heavy atom. The number of carbonyl (C=O) groups excluding carboxylic acids is 2. The van der Waals surface area contributed by atoms with Gasteiger partial charge < -0.3 is 14.5 Å². The third-order valence-electron chi connectivity index (χ3n) is 2.91. The summed E-state index contributed by atoms with van der Waals surface area (Å²) in [5, 5.41) is 0. The molecule has 1 aromatic heterocycles. The molecule has 0 saturated heterocycles. The van der Waals surface area contributed by atoms with Crippen molar-refractivity contribution in [1.29, 1.82) is 0 Å². The van der Waals surface area contributed by atoms with Crippen LogP contribution in [0.3, 0.4) is 0 Å². The first-order valence-corrected chi connectivity index (χ1v) is 6.92. The van der Waals surface area contributed by atoms with E-state index >= 15 is 0 Å². The van der Waals surface area contributed by atoms with Crippen molar-refractivity contribution in [3.8, 4) is 11.1 Å². The molecule has 5 nitrogen and oxygen atoms in total. The lowest BCUT2D eigenvalue weighted by molar-refractivity contribution is 0.00645. The summed E-state index contributed by atoms with van der Waals surface area (Å²) < 4.78 is 10.1. The molecule has 2 rings (SSSR count). The number of esters is 2. The zero-order valence-electron chi connectivity index (χ0n) is 13.1. The number of aromatic nitrogens is 1. The monoisotopic (exact) mass is 301 g/mol. The minimum absolute atomic E-state index is 0.210. The van der Waals surface area contributed by atoms with Crippen LogP contribution in [-0.2, 0) is 9.47 Å². The van der Waals surface area contributed by atoms with Gasteiger partial charge in [0.05, 0.1) is 7.11 Å². The van der Waals surface area contributed by atoms with Crippen LogP contribution in [0.5, 0.6) is 0 Å². The summed E-state index contributed by atoms with van der Waals surface area (Å²) in [6, 6.07) is 10.9. The fraction of sp³-hybridized carbons (Fsp3) is 0.294.